The van der Waals surface area contributed by atoms with Gasteiger partial charge in [0, 0.05) is 18.1 Å². The maximum Gasteiger partial charge on any atom is 0.213 e. The maximum absolute atomic E-state index is 5.71. The van der Waals surface area contributed by atoms with Gasteiger partial charge in [0.1, 0.15) is 6.61 Å². The Morgan fingerprint density at radius 1 is 1.31 bits per heavy atom. The summed E-state index contributed by atoms with van der Waals surface area (Å²) in [6.07, 6.45) is 1.69. The normalized spacial score (nSPS) is 11.5. The number of nitrogens with zero attached hydrogens (tertiary/aromatic N) is 1. The molecule has 0 aromatic carbocycles. The first-order valence-corrected chi connectivity index (χ1v) is 5.82. The average molecular weight is 244 g/mol. The largest absolute Gasteiger partial charge is 0.475 e. The lowest BCUT2D eigenvalue weighted by Crippen LogP contribution is -2.22. The van der Waals surface area contributed by atoms with Gasteiger partial charge in [-0.2, -0.15) is 0 Å². The van der Waals surface area contributed by atoms with E-state index >= 15 is 0 Å². The minimum absolute atomic E-state index is 0.130. The van der Waals surface area contributed by atoms with Crippen molar-refractivity contribution in [2.24, 2.45) is 0 Å². The van der Waals surface area contributed by atoms with Crippen molar-refractivity contribution in [2.75, 3.05) is 13.2 Å². The van der Waals surface area contributed by atoms with Crippen molar-refractivity contribution >= 4 is 11.6 Å². The van der Waals surface area contributed by atoms with Gasteiger partial charge in [-0.1, -0.05) is 0 Å². The predicted octanol–water partition coefficient (Wildman–Crippen LogP) is 3.01. The van der Waals surface area contributed by atoms with Crippen molar-refractivity contribution in [2.45, 2.75) is 32.3 Å². The van der Waals surface area contributed by atoms with Crippen molar-refractivity contribution < 1.29 is 9.47 Å². The van der Waals surface area contributed by atoms with Gasteiger partial charge in [-0.3, -0.25) is 0 Å². The molecule has 0 amide bonds. The van der Waals surface area contributed by atoms with Crippen LogP contribution < -0.4 is 4.74 Å². The molecule has 1 heterocycles. The van der Waals surface area contributed by atoms with Crippen molar-refractivity contribution in [1.82, 2.24) is 4.98 Å². The Labute approximate surface area is 102 Å². The molecule has 4 heteroatoms. The first kappa shape index (κ1) is 13.3. The molecule has 0 fully saturated rings. The SMILES string of the molecule is CC(C)(C)OCCOc1cc(CCl)ccn1. The first-order valence-electron chi connectivity index (χ1n) is 5.29. The lowest BCUT2D eigenvalue weighted by atomic mass is 10.2. The Morgan fingerprint density at radius 3 is 2.69 bits per heavy atom. The Kier molecular flexibility index (Phi) is 5.03. The zero-order chi connectivity index (χ0) is 12.0. The Bertz CT molecular complexity index is 323. The van der Waals surface area contributed by atoms with Crippen LogP contribution in [0.1, 0.15) is 26.3 Å². The Morgan fingerprint density at radius 2 is 2.06 bits per heavy atom. The minimum Gasteiger partial charge on any atom is -0.475 e. The third-order valence-electron chi connectivity index (χ3n) is 1.82. The van der Waals surface area contributed by atoms with Crippen LogP contribution in [-0.4, -0.2) is 23.8 Å². The topological polar surface area (TPSA) is 31.4 Å². The van der Waals surface area contributed by atoms with Gasteiger partial charge in [0.15, 0.2) is 0 Å². The molecule has 0 bridgehead atoms. The van der Waals surface area contributed by atoms with E-state index in [-0.39, 0.29) is 5.60 Å². The summed E-state index contributed by atoms with van der Waals surface area (Å²) in [4.78, 5) is 4.08. The fourth-order valence-electron chi connectivity index (χ4n) is 1.11. The third-order valence-corrected chi connectivity index (χ3v) is 2.13. The zero-order valence-corrected chi connectivity index (χ0v) is 10.8. The number of ether oxygens (including phenoxy) is 2. The van der Waals surface area contributed by atoms with Gasteiger partial charge in [0.25, 0.3) is 0 Å². The van der Waals surface area contributed by atoms with E-state index in [1.807, 2.05) is 32.9 Å². The smallest absolute Gasteiger partial charge is 0.213 e. The third kappa shape index (κ3) is 5.33. The molecule has 1 aromatic heterocycles. The molecule has 0 spiro atoms. The fourth-order valence-corrected chi connectivity index (χ4v) is 1.27. The minimum atomic E-state index is -0.130. The van der Waals surface area contributed by atoms with E-state index in [2.05, 4.69) is 4.98 Å². The number of halogens is 1. The highest BCUT2D eigenvalue weighted by Crippen LogP contribution is 2.11. The second-order valence-corrected chi connectivity index (χ2v) is 4.71. The van der Waals surface area contributed by atoms with Crippen LogP contribution in [0.15, 0.2) is 18.3 Å². The van der Waals surface area contributed by atoms with Gasteiger partial charge >= 0.3 is 0 Å². The maximum atomic E-state index is 5.71. The molecule has 0 aliphatic heterocycles. The summed E-state index contributed by atoms with van der Waals surface area (Å²) in [6, 6.07) is 3.70. The molecule has 0 aliphatic carbocycles. The number of hydrogen-bond donors (Lipinski definition) is 0. The van der Waals surface area contributed by atoms with E-state index < -0.39 is 0 Å². The van der Waals surface area contributed by atoms with Crippen molar-refractivity contribution in [1.29, 1.82) is 0 Å². The lowest BCUT2D eigenvalue weighted by molar-refractivity contribution is -0.0168. The van der Waals surface area contributed by atoms with Gasteiger partial charge in [0.2, 0.25) is 5.88 Å². The van der Waals surface area contributed by atoms with Gasteiger partial charge in [-0.05, 0) is 32.4 Å². The van der Waals surface area contributed by atoms with Gasteiger partial charge < -0.3 is 9.47 Å². The summed E-state index contributed by atoms with van der Waals surface area (Å²) >= 11 is 5.71. The summed E-state index contributed by atoms with van der Waals surface area (Å²) in [5, 5.41) is 0. The average Bonchev–Trinajstić information content (AvgIpc) is 2.23. The van der Waals surface area contributed by atoms with Crippen LogP contribution in [-0.2, 0) is 10.6 Å². The van der Waals surface area contributed by atoms with Crippen LogP contribution in [0.25, 0.3) is 0 Å². The molecule has 1 aromatic rings. The number of hydrogen-bond acceptors (Lipinski definition) is 3. The van der Waals surface area contributed by atoms with E-state index in [1.54, 1.807) is 6.20 Å². The molecule has 0 radical (unpaired) electrons. The number of pyridine rings is 1. The predicted molar refractivity (Wildman–Crippen MR) is 65.0 cm³/mol. The summed E-state index contributed by atoms with van der Waals surface area (Å²) < 4.78 is 11.0. The van der Waals surface area contributed by atoms with Crippen molar-refractivity contribution in [3.63, 3.8) is 0 Å². The molecule has 0 N–H and O–H groups in total. The Hall–Kier alpha value is -0.800. The van der Waals surface area contributed by atoms with Crippen LogP contribution in [0.2, 0.25) is 0 Å². The second kappa shape index (κ2) is 6.06. The second-order valence-electron chi connectivity index (χ2n) is 4.45. The Balaban J connectivity index is 2.32. The quantitative estimate of drug-likeness (QED) is 0.589. The summed E-state index contributed by atoms with van der Waals surface area (Å²) in [7, 11) is 0. The number of aromatic nitrogens is 1. The lowest BCUT2D eigenvalue weighted by Gasteiger charge is -2.19. The zero-order valence-electron chi connectivity index (χ0n) is 10.00. The van der Waals surface area contributed by atoms with Crippen LogP contribution in [0.5, 0.6) is 5.88 Å². The highest BCUT2D eigenvalue weighted by atomic mass is 35.5. The summed E-state index contributed by atoms with van der Waals surface area (Å²) in [6.45, 7) is 7.09. The van der Waals surface area contributed by atoms with E-state index in [4.69, 9.17) is 21.1 Å². The molecular formula is C12H18ClNO2. The molecule has 0 saturated heterocycles. The van der Waals surface area contributed by atoms with Gasteiger partial charge in [0.05, 0.1) is 12.2 Å². The molecule has 0 saturated carbocycles. The van der Waals surface area contributed by atoms with Gasteiger partial charge in [-0.25, -0.2) is 4.98 Å². The number of alkyl halides is 1. The van der Waals surface area contributed by atoms with Crippen molar-refractivity contribution in [3.05, 3.63) is 23.9 Å². The van der Waals surface area contributed by atoms with E-state index in [0.29, 0.717) is 25.0 Å². The molecular weight excluding hydrogens is 226 g/mol. The molecule has 0 unspecified atom stereocenters. The molecule has 90 valence electrons. The molecule has 0 aliphatic rings. The standard InChI is InChI=1S/C12H18ClNO2/c1-12(2,3)16-7-6-15-11-8-10(9-13)4-5-14-11/h4-5,8H,6-7,9H2,1-3H3. The van der Waals surface area contributed by atoms with Crippen LogP contribution >= 0.6 is 11.6 Å². The molecule has 0 atom stereocenters. The van der Waals surface area contributed by atoms with E-state index in [0.717, 1.165) is 5.56 Å². The molecule has 1 rings (SSSR count). The van der Waals surface area contributed by atoms with Gasteiger partial charge in [-0.15, -0.1) is 11.6 Å². The summed E-state index contributed by atoms with van der Waals surface area (Å²) in [5.74, 6) is 1.06. The van der Waals surface area contributed by atoms with Crippen molar-refractivity contribution in [3.8, 4) is 5.88 Å². The first-order chi connectivity index (χ1) is 7.51. The fraction of sp³-hybridized carbons (Fsp3) is 0.583. The molecule has 16 heavy (non-hydrogen) atoms. The highest BCUT2D eigenvalue weighted by Gasteiger charge is 2.09. The van der Waals surface area contributed by atoms with Crippen LogP contribution in [0, 0.1) is 0 Å². The molecule has 3 nitrogen and oxygen atoms in total. The van der Waals surface area contributed by atoms with E-state index in [1.165, 1.54) is 0 Å². The van der Waals surface area contributed by atoms with Crippen LogP contribution in [0.4, 0.5) is 0 Å². The number of rotatable bonds is 5. The van der Waals surface area contributed by atoms with E-state index in [9.17, 15) is 0 Å². The summed E-state index contributed by atoms with van der Waals surface area (Å²) in [5.41, 5.74) is 0.873. The monoisotopic (exact) mass is 243 g/mol. The van der Waals surface area contributed by atoms with Crippen LogP contribution in [0.3, 0.4) is 0 Å². The highest BCUT2D eigenvalue weighted by molar-refractivity contribution is 6.17.